The summed E-state index contributed by atoms with van der Waals surface area (Å²) in [5, 5.41) is 0.373. The number of aliphatic imine (C=N–C) groups is 1. The fraction of sp³-hybridized carbons (Fsp3) is 0.556. The number of aldehydes is 1. The van der Waals surface area contributed by atoms with Crippen LogP contribution in [0.2, 0.25) is 0 Å². The second kappa shape index (κ2) is 18.6. The quantitative estimate of drug-likeness (QED) is 0.0504. The Bertz CT molecular complexity index is 1760. The van der Waals surface area contributed by atoms with E-state index in [1.807, 2.05) is 20.8 Å². The molecule has 0 amide bonds. The van der Waals surface area contributed by atoms with Crippen LogP contribution in [0.1, 0.15) is 180 Å². The Balaban J connectivity index is 1.92. The highest BCUT2D eigenvalue weighted by Crippen LogP contribution is 2.55. The van der Waals surface area contributed by atoms with Crippen LogP contribution in [0.15, 0.2) is 41.4 Å². The molecule has 1 aliphatic carbocycles. The average Bonchev–Trinajstić information content (AvgIpc) is 3.68. The van der Waals surface area contributed by atoms with E-state index in [1.165, 1.54) is 72.1 Å². The Kier molecular flexibility index (Phi) is 14.8. The zero-order valence-electron chi connectivity index (χ0n) is 33.5. The highest BCUT2D eigenvalue weighted by Gasteiger charge is 2.43. The van der Waals surface area contributed by atoms with Crippen molar-refractivity contribution in [2.24, 2.45) is 10.7 Å². The third-order valence-electron chi connectivity index (χ3n) is 11.4. The van der Waals surface area contributed by atoms with Gasteiger partial charge in [-0.25, -0.2) is 14.6 Å². The van der Waals surface area contributed by atoms with E-state index in [1.54, 1.807) is 20.1 Å². The van der Waals surface area contributed by atoms with Gasteiger partial charge in [0.2, 0.25) is 0 Å². The molecule has 8 heteroatoms. The van der Waals surface area contributed by atoms with Crippen LogP contribution in [0.4, 0.5) is 5.00 Å². The normalized spacial score (nSPS) is 15.4. The maximum atomic E-state index is 13.5. The van der Waals surface area contributed by atoms with Crippen LogP contribution in [0.25, 0.3) is 11.1 Å². The lowest BCUT2D eigenvalue weighted by Crippen LogP contribution is -2.33. The summed E-state index contributed by atoms with van der Waals surface area (Å²) in [7, 11) is 0. The second-order valence-electron chi connectivity index (χ2n) is 15.1. The number of hydrogen-bond donors (Lipinski definition) is 1. The molecule has 3 aromatic rings. The first-order valence-electron chi connectivity index (χ1n) is 20.0. The van der Waals surface area contributed by atoms with Gasteiger partial charge in [-0.2, -0.15) is 0 Å². The third-order valence-corrected chi connectivity index (χ3v) is 12.8. The molecule has 0 bridgehead atoms. The number of benzene rings is 2. The van der Waals surface area contributed by atoms with E-state index >= 15 is 0 Å². The Hall–Kier alpha value is -3.62. The molecule has 0 saturated carbocycles. The number of nitrogens with two attached hydrogens (primary N) is 1. The van der Waals surface area contributed by atoms with Crippen molar-refractivity contribution in [1.82, 2.24) is 0 Å². The number of carbonyl (C=O) groups excluding carboxylic acids is 3. The molecule has 2 aromatic carbocycles. The molecule has 1 aliphatic rings. The van der Waals surface area contributed by atoms with Gasteiger partial charge in [-0.15, -0.1) is 11.3 Å². The van der Waals surface area contributed by atoms with Gasteiger partial charge in [-0.3, -0.25) is 0 Å². The fourth-order valence-electron chi connectivity index (χ4n) is 7.67. The third kappa shape index (κ3) is 8.86. The van der Waals surface area contributed by atoms with E-state index in [2.05, 4.69) is 57.2 Å². The number of esters is 2. The van der Waals surface area contributed by atoms with Gasteiger partial charge in [-0.1, -0.05) is 109 Å². The summed E-state index contributed by atoms with van der Waals surface area (Å²) < 4.78 is 10.9. The molecule has 0 radical (unpaired) electrons. The van der Waals surface area contributed by atoms with E-state index < -0.39 is 22.9 Å². The van der Waals surface area contributed by atoms with Crippen molar-refractivity contribution in [2.75, 3.05) is 13.2 Å². The molecule has 7 nitrogen and oxygen atoms in total. The van der Waals surface area contributed by atoms with E-state index in [0.29, 0.717) is 16.3 Å². The van der Waals surface area contributed by atoms with Crippen molar-refractivity contribution in [2.45, 2.75) is 149 Å². The van der Waals surface area contributed by atoms with Crippen LogP contribution >= 0.6 is 11.3 Å². The topological polar surface area (TPSA) is 108 Å². The summed E-state index contributed by atoms with van der Waals surface area (Å²) in [6.45, 7) is 16.2. The first kappa shape index (κ1) is 42.1. The highest BCUT2D eigenvalue weighted by molar-refractivity contribution is 7.16. The molecule has 0 spiro atoms. The largest absolute Gasteiger partial charge is 0.462 e. The lowest BCUT2D eigenvalue weighted by molar-refractivity contribution is -0.112. The number of carbonyl (C=O) groups is 3. The van der Waals surface area contributed by atoms with Crippen molar-refractivity contribution in [3.8, 4) is 11.1 Å². The van der Waals surface area contributed by atoms with Gasteiger partial charge in [0.05, 0.1) is 18.8 Å². The van der Waals surface area contributed by atoms with Crippen LogP contribution in [0.3, 0.4) is 0 Å². The van der Waals surface area contributed by atoms with Gasteiger partial charge in [0.25, 0.3) is 0 Å². The number of rotatable bonds is 21. The van der Waals surface area contributed by atoms with Crippen LogP contribution in [0, 0.1) is 0 Å². The standard InChI is InChI=1S/C45H62N2O5S/c1-9-15-17-19-25-45(26-20-18-16-10-2)35-27-31(21-23-33(35)34-24-22-32(28-36(34)45)43(7,11-3)30-48)29-47-40-38(42(50)52-14-6)37(41(49)51-13-5)39(53-40)44(8,46)12-4/h21-24,27-30H,9-20,25-26,46H2,1-8H3/b47-29+. The predicted octanol–water partition coefficient (Wildman–Crippen LogP) is 11.5. The lowest BCUT2D eigenvalue weighted by atomic mass is 9.69. The SMILES string of the molecule is CCCCCCC1(CCCCCC)c2cc(/C=N/c3sc(C(C)(N)CC)c(C(=O)OCC)c3C(=O)OCC)ccc2-c2ccc(C(C)(C=O)CC)cc21. The first-order chi connectivity index (χ1) is 25.4. The number of thiophene rings is 1. The molecular formula is C45H62N2O5S. The van der Waals surface area contributed by atoms with Crippen molar-refractivity contribution >= 4 is 40.8 Å². The Labute approximate surface area is 322 Å². The van der Waals surface area contributed by atoms with E-state index in [9.17, 15) is 14.4 Å². The van der Waals surface area contributed by atoms with Gasteiger partial charge in [0, 0.05) is 27.5 Å². The molecular weight excluding hydrogens is 681 g/mol. The molecule has 2 unspecified atom stereocenters. The maximum absolute atomic E-state index is 13.5. The van der Waals surface area contributed by atoms with Crippen molar-refractivity contribution in [3.05, 3.63) is 74.7 Å². The molecule has 2 atom stereocenters. The number of unbranched alkanes of at least 4 members (excludes halogenated alkanes) is 6. The average molecular weight is 743 g/mol. The Morgan fingerprint density at radius 3 is 1.87 bits per heavy atom. The van der Waals surface area contributed by atoms with Crippen LogP contribution in [0.5, 0.6) is 0 Å². The molecule has 288 valence electrons. The van der Waals surface area contributed by atoms with Gasteiger partial charge in [0.15, 0.2) is 0 Å². The summed E-state index contributed by atoms with van der Waals surface area (Å²) in [5.41, 5.74) is 12.4. The summed E-state index contributed by atoms with van der Waals surface area (Å²) in [5.74, 6) is -1.22. The van der Waals surface area contributed by atoms with E-state index in [0.717, 1.165) is 49.5 Å². The molecule has 4 rings (SSSR count). The van der Waals surface area contributed by atoms with Gasteiger partial charge in [-0.05, 0) is 92.8 Å². The van der Waals surface area contributed by atoms with Gasteiger partial charge in [0.1, 0.15) is 16.9 Å². The molecule has 0 saturated heterocycles. The van der Waals surface area contributed by atoms with Crippen molar-refractivity contribution in [1.29, 1.82) is 0 Å². The van der Waals surface area contributed by atoms with E-state index in [-0.39, 0.29) is 29.8 Å². The zero-order valence-corrected chi connectivity index (χ0v) is 34.3. The smallest absolute Gasteiger partial charge is 0.342 e. The van der Waals surface area contributed by atoms with Crippen molar-refractivity contribution < 1.29 is 23.9 Å². The fourth-order valence-corrected chi connectivity index (χ4v) is 8.92. The highest BCUT2D eigenvalue weighted by atomic mass is 32.1. The summed E-state index contributed by atoms with van der Waals surface area (Å²) in [4.78, 5) is 44.8. The van der Waals surface area contributed by atoms with E-state index in [4.69, 9.17) is 20.2 Å². The molecule has 1 aromatic heterocycles. The minimum absolute atomic E-state index is 0.100. The Morgan fingerprint density at radius 1 is 0.774 bits per heavy atom. The number of nitrogens with zero attached hydrogens (tertiary/aromatic N) is 1. The maximum Gasteiger partial charge on any atom is 0.342 e. The van der Waals surface area contributed by atoms with Gasteiger partial charge >= 0.3 is 11.9 Å². The number of hydrogen-bond acceptors (Lipinski definition) is 8. The first-order valence-corrected chi connectivity index (χ1v) is 20.8. The molecule has 0 aliphatic heterocycles. The molecule has 53 heavy (non-hydrogen) atoms. The van der Waals surface area contributed by atoms with Crippen molar-refractivity contribution in [3.63, 3.8) is 0 Å². The Morgan fingerprint density at radius 2 is 1.34 bits per heavy atom. The molecule has 1 heterocycles. The number of fused-ring (bicyclic) bond motifs is 3. The minimum atomic E-state index is -0.882. The lowest BCUT2D eigenvalue weighted by Gasteiger charge is -2.34. The van der Waals surface area contributed by atoms with Crippen LogP contribution in [-0.4, -0.2) is 37.7 Å². The zero-order chi connectivity index (χ0) is 38.8. The second-order valence-corrected chi connectivity index (χ2v) is 16.1. The van der Waals surface area contributed by atoms with Crippen LogP contribution in [-0.2, 0) is 30.6 Å². The molecule has 0 fully saturated rings. The summed E-state index contributed by atoms with van der Waals surface area (Å²) in [6, 6.07) is 13.3. The summed E-state index contributed by atoms with van der Waals surface area (Å²) >= 11 is 1.25. The number of ether oxygens (including phenoxy) is 2. The van der Waals surface area contributed by atoms with Gasteiger partial charge < -0.3 is 20.0 Å². The summed E-state index contributed by atoms with van der Waals surface area (Å²) in [6.07, 6.45) is 15.6. The molecule has 2 N–H and O–H groups in total. The minimum Gasteiger partial charge on any atom is -0.462 e. The monoisotopic (exact) mass is 742 g/mol. The predicted molar refractivity (Wildman–Crippen MR) is 219 cm³/mol. The van der Waals surface area contributed by atoms with Crippen LogP contribution < -0.4 is 5.73 Å².